The van der Waals surface area contributed by atoms with Crippen LogP contribution in [0.15, 0.2) is 24.3 Å². The second-order valence-electron chi connectivity index (χ2n) is 5.79. The first-order valence-electron chi connectivity index (χ1n) is 7.63. The maximum atomic E-state index is 12.5. The van der Waals surface area contributed by atoms with Crippen LogP contribution in [0.2, 0.25) is 5.02 Å². The van der Waals surface area contributed by atoms with Gasteiger partial charge in [-0.05, 0) is 55.7 Å². The van der Waals surface area contributed by atoms with Crippen LogP contribution in [0.4, 0.5) is 0 Å². The molecule has 0 spiro atoms. The molecule has 0 radical (unpaired) electrons. The van der Waals surface area contributed by atoms with Gasteiger partial charge in [-0.3, -0.25) is 9.89 Å². The number of aromatic nitrogens is 3. The Kier molecular flexibility index (Phi) is 5.96. The summed E-state index contributed by atoms with van der Waals surface area (Å²) >= 11 is 11.1. The van der Waals surface area contributed by atoms with E-state index >= 15 is 0 Å². The molecule has 1 aromatic heterocycles. The highest BCUT2D eigenvalue weighted by Crippen LogP contribution is 2.21. The van der Waals surface area contributed by atoms with Gasteiger partial charge in [0.05, 0.1) is 6.04 Å². The quantitative estimate of drug-likeness (QED) is 0.768. The molecule has 1 amide bonds. The Labute approximate surface area is 146 Å². The first kappa shape index (κ1) is 17.7. The molecule has 0 saturated heterocycles. The molecule has 2 N–H and O–H groups in total. The zero-order chi connectivity index (χ0) is 17.0. The molecule has 1 atom stereocenters. The molecule has 7 heteroatoms. The Morgan fingerprint density at radius 2 is 2.04 bits per heavy atom. The van der Waals surface area contributed by atoms with E-state index in [0.29, 0.717) is 27.8 Å². The molecule has 2 aromatic rings. The minimum atomic E-state index is -0.203. The fourth-order valence-corrected chi connectivity index (χ4v) is 2.84. The smallest absolute Gasteiger partial charge is 0.251 e. The van der Waals surface area contributed by atoms with Gasteiger partial charge in [-0.25, -0.2) is 0 Å². The summed E-state index contributed by atoms with van der Waals surface area (Å²) in [5.74, 6) is 1.01. The average Bonchev–Trinajstić information content (AvgIpc) is 2.87. The Morgan fingerprint density at radius 3 is 2.61 bits per heavy atom. The Balaban J connectivity index is 2.26. The second kappa shape index (κ2) is 7.75. The number of aromatic amines is 1. The fourth-order valence-electron chi connectivity index (χ4n) is 2.44. The first-order valence-corrected chi connectivity index (χ1v) is 8.42. The lowest BCUT2D eigenvalue weighted by atomic mass is 10.0. The van der Waals surface area contributed by atoms with Crippen molar-refractivity contribution < 1.29 is 4.79 Å². The largest absolute Gasteiger partial charge is 0.342 e. The maximum Gasteiger partial charge on any atom is 0.251 e. The van der Waals surface area contributed by atoms with Crippen molar-refractivity contribution >= 4 is 29.7 Å². The number of carbonyl (C=O) groups is 1. The summed E-state index contributed by atoms with van der Waals surface area (Å²) in [5.41, 5.74) is 0.570. The Hall–Kier alpha value is -1.66. The van der Waals surface area contributed by atoms with Crippen LogP contribution < -0.4 is 5.32 Å². The molecule has 0 unspecified atom stereocenters. The van der Waals surface area contributed by atoms with E-state index in [2.05, 4.69) is 29.4 Å². The topological polar surface area (TPSA) is 62.7 Å². The van der Waals surface area contributed by atoms with E-state index < -0.39 is 0 Å². The highest BCUT2D eigenvalue weighted by atomic mass is 35.5. The minimum absolute atomic E-state index is 0.149. The van der Waals surface area contributed by atoms with Crippen molar-refractivity contribution in [2.75, 3.05) is 0 Å². The maximum absolute atomic E-state index is 12.5. The van der Waals surface area contributed by atoms with Crippen LogP contribution in [-0.2, 0) is 6.54 Å². The van der Waals surface area contributed by atoms with E-state index in [0.717, 1.165) is 12.2 Å². The van der Waals surface area contributed by atoms with Crippen molar-refractivity contribution in [2.24, 2.45) is 5.92 Å². The van der Waals surface area contributed by atoms with E-state index in [1.807, 2.05) is 11.5 Å². The van der Waals surface area contributed by atoms with Crippen molar-refractivity contribution in [1.82, 2.24) is 20.1 Å². The van der Waals surface area contributed by atoms with Gasteiger partial charge in [0.25, 0.3) is 5.91 Å². The molecule has 5 nitrogen and oxygen atoms in total. The molecule has 0 aliphatic carbocycles. The number of nitrogens with one attached hydrogen (secondary N) is 2. The molecule has 0 fully saturated rings. The number of hydrogen-bond donors (Lipinski definition) is 2. The van der Waals surface area contributed by atoms with Gasteiger partial charge in [-0.2, -0.15) is 5.10 Å². The lowest BCUT2D eigenvalue weighted by molar-refractivity contribution is 0.0929. The molecule has 124 valence electrons. The Morgan fingerprint density at radius 1 is 1.39 bits per heavy atom. The van der Waals surface area contributed by atoms with Gasteiger partial charge in [0.1, 0.15) is 0 Å². The zero-order valence-corrected chi connectivity index (χ0v) is 15.0. The summed E-state index contributed by atoms with van der Waals surface area (Å²) in [4.78, 5) is 12.5. The molecule has 0 aliphatic heterocycles. The van der Waals surface area contributed by atoms with Gasteiger partial charge in [0, 0.05) is 17.1 Å². The SMILES string of the molecule is CCn1c([C@H](CC(C)C)NC(=O)c2ccc(Cl)cc2)n[nH]c1=S. The van der Waals surface area contributed by atoms with Gasteiger partial charge in [-0.15, -0.1) is 0 Å². The third-order valence-electron chi connectivity index (χ3n) is 3.53. The number of carbonyl (C=O) groups excluding carboxylic acids is 1. The van der Waals surface area contributed by atoms with Crippen molar-refractivity contribution in [2.45, 2.75) is 39.8 Å². The number of halogens is 1. The summed E-state index contributed by atoms with van der Waals surface area (Å²) < 4.78 is 2.47. The molecule has 0 saturated carbocycles. The van der Waals surface area contributed by atoms with E-state index in [4.69, 9.17) is 23.8 Å². The summed E-state index contributed by atoms with van der Waals surface area (Å²) in [7, 11) is 0. The first-order chi connectivity index (χ1) is 10.9. The molecule has 1 aromatic carbocycles. The predicted octanol–water partition coefficient (Wildman–Crippen LogP) is 4.13. The van der Waals surface area contributed by atoms with Gasteiger partial charge in [0.15, 0.2) is 10.6 Å². The standard InChI is InChI=1S/C16H21ClN4OS/c1-4-21-14(19-20-16(21)23)13(9-10(2)3)18-15(22)11-5-7-12(17)8-6-11/h5-8,10,13H,4,9H2,1-3H3,(H,18,22)(H,20,23)/t13-/m0/s1. The van der Waals surface area contributed by atoms with Crippen LogP contribution in [0.5, 0.6) is 0 Å². The van der Waals surface area contributed by atoms with Crippen LogP contribution in [0.25, 0.3) is 0 Å². The van der Waals surface area contributed by atoms with Crippen LogP contribution in [-0.4, -0.2) is 20.7 Å². The van der Waals surface area contributed by atoms with Gasteiger partial charge in [-0.1, -0.05) is 25.4 Å². The van der Waals surface area contributed by atoms with E-state index in [1.54, 1.807) is 24.3 Å². The van der Waals surface area contributed by atoms with E-state index in [9.17, 15) is 4.79 Å². The van der Waals surface area contributed by atoms with E-state index in [-0.39, 0.29) is 11.9 Å². The molecule has 0 bridgehead atoms. The highest BCUT2D eigenvalue weighted by molar-refractivity contribution is 7.71. The molecule has 1 heterocycles. The van der Waals surface area contributed by atoms with Gasteiger partial charge in [0.2, 0.25) is 0 Å². The van der Waals surface area contributed by atoms with Crippen molar-refractivity contribution in [1.29, 1.82) is 0 Å². The van der Waals surface area contributed by atoms with Crippen molar-refractivity contribution in [3.63, 3.8) is 0 Å². The zero-order valence-electron chi connectivity index (χ0n) is 13.5. The third-order valence-corrected chi connectivity index (χ3v) is 4.10. The molecular formula is C16H21ClN4OS. The molecular weight excluding hydrogens is 332 g/mol. The van der Waals surface area contributed by atoms with Crippen LogP contribution >= 0.6 is 23.8 Å². The number of amides is 1. The molecule has 0 aliphatic rings. The number of hydrogen-bond acceptors (Lipinski definition) is 3. The summed E-state index contributed by atoms with van der Waals surface area (Å²) in [5, 5.41) is 10.8. The average molecular weight is 353 g/mol. The second-order valence-corrected chi connectivity index (χ2v) is 6.62. The normalized spacial score (nSPS) is 12.4. The summed E-state index contributed by atoms with van der Waals surface area (Å²) in [6.45, 7) is 6.93. The molecule has 2 rings (SSSR count). The van der Waals surface area contributed by atoms with Gasteiger partial charge < -0.3 is 9.88 Å². The van der Waals surface area contributed by atoms with E-state index in [1.165, 1.54) is 0 Å². The summed E-state index contributed by atoms with van der Waals surface area (Å²) in [6, 6.07) is 6.62. The number of rotatable bonds is 6. The van der Waals surface area contributed by atoms with Crippen LogP contribution in [0.3, 0.4) is 0 Å². The number of H-pyrrole nitrogens is 1. The van der Waals surface area contributed by atoms with Crippen molar-refractivity contribution in [3.8, 4) is 0 Å². The number of benzene rings is 1. The molecule has 23 heavy (non-hydrogen) atoms. The highest BCUT2D eigenvalue weighted by Gasteiger charge is 2.22. The minimum Gasteiger partial charge on any atom is -0.342 e. The van der Waals surface area contributed by atoms with Crippen molar-refractivity contribution in [3.05, 3.63) is 45.4 Å². The monoisotopic (exact) mass is 352 g/mol. The third kappa shape index (κ3) is 4.42. The Bertz CT molecular complexity index is 720. The lowest BCUT2D eigenvalue weighted by Gasteiger charge is -2.20. The number of nitrogens with zero attached hydrogens (tertiary/aromatic N) is 2. The van der Waals surface area contributed by atoms with Gasteiger partial charge >= 0.3 is 0 Å². The van der Waals surface area contributed by atoms with Crippen LogP contribution in [0, 0.1) is 10.7 Å². The fraction of sp³-hybridized carbons (Fsp3) is 0.438. The summed E-state index contributed by atoms with van der Waals surface area (Å²) in [6.07, 6.45) is 0.777. The van der Waals surface area contributed by atoms with Crippen LogP contribution in [0.1, 0.15) is 49.4 Å². The predicted molar refractivity (Wildman–Crippen MR) is 94.2 cm³/mol. The lowest BCUT2D eigenvalue weighted by Crippen LogP contribution is -2.31.